The zero-order chi connectivity index (χ0) is 16.7. The van der Waals surface area contributed by atoms with Crippen LogP contribution in [-0.2, 0) is 22.3 Å². The van der Waals surface area contributed by atoms with E-state index in [2.05, 4.69) is 0 Å². The molecule has 0 saturated heterocycles. The first-order chi connectivity index (χ1) is 11.0. The minimum Gasteiger partial charge on any atom is -0.330 e. The van der Waals surface area contributed by atoms with Gasteiger partial charge in [-0.3, -0.25) is 0 Å². The molecule has 0 atom stereocenters. The van der Waals surface area contributed by atoms with Gasteiger partial charge in [-0.15, -0.1) is 0 Å². The van der Waals surface area contributed by atoms with Gasteiger partial charge in [0, 0.05) is 13.1 Å². The third-order valence-corrected chi connectivity index (χ3v) is 5.24. The standard InChI is InChI=1S/C17H21FN2O2S/c18-17-9-4-8-16(12-17)14-23(21,22)20(11-5-10-19)13-15-6-2-1-3-7-15/h1-4,6-9,12H,5,10-11,13-14,19H2. The summed E-state index contributed by atoms with van der Waals surface area (Å²) in [5.74, 6) is -0.656. The van der Waals surface area contributed by atoms with Crippen molar-refractivity contribution in [2.24, 2.45) is 5.73 Å². The average molecular weight is 336 g/mol. The van der Waals surface area contributed by atoms with Crippen molar-refractivity contribution in [1.82, 2.24) is 4.31 Å². The summed E-state index contributed by atoms with van der Waals surface area (Å²) in [7, 11) is -3.55. The van der Waals surface area contributed by atoms with Crippen LogP contribution in [0.3, 0.4) is 0 Å². The van der Waals surface area contributed by atoms with Crippen LogP contribution in [0, 0.1) is 5.82 Å². The molecule has 0 aliphatic heterocycles. The van der Waals surface area contributed by atoms with Gasteiger partial charge in [0.05, 0.1) is 5.75 Å². The van der Waals surface area contributed by atoms with Gasteiger partial charge in [-0.2, -0.15) is 4.31 Å². The van der Waals surface area contributed by atoms with E-state index in [1.165, 1.54) is 22.5 Å². The van der Waals surface area contributed by atoms with Crippen LogP contribution in [0.2, 0.25) is 0 Å². The molecule has 0 amide bonds. The molecular weight excluding hydrogens is 315 g/mol. The van der Waals surface area contributed by atoms with Gasteiger partial charge in [-0.1, -0.05) is 42.5 Å². The maximum Gasteiger partial charge on any atom is 0.218 e. The summed E-state index contributed by atoms with van der Waals surface area (Å²) in [5.41, 5.74) is 6.86. The van der Waals surface area contributed by atoms with Crippen LogP contribution in [-0.4, -0.2) is 25.8 Å². The summed E-state index contributed by atoms with van der Waals surface area (Å²) in [5, 5.41) is 0. The monoisotopic (exact) mass is 336 g/mol. The second-order valence-corrected chi connectivity index (χ2v) is 7.32. The lowest BCUT2D eigenvalue weighted by atomic mass is 10.2. The van der Waals surface area contributed by atoms with Crippen molar-refractivity contribution < 1.29 is 12.8 Å². The Bertz CT molecular complexity index is 720. The lowest BCUT2D eigenvalue weighted by molar-refractivity contribution is 0.401. The van der Waals surface area contributed by atoms with Crippen LogP contribution in [0.4, 0.5) is 4.39 Å². The number of halogens is 1. The Morgan fingerprint density at radius 3 is 2.35 bits per heavy atom. The van der Waals surface area contributed by atoms with Gasteiger partial charge in [-0.05, 0) is 36.2 Å². The van der Waals surface area contributed by atoms with Gasteiger partial charge >= 0.3 is 0 Å². The van der Waals surface area contributed by atoms with E-state index < -0.39 is 15.8 Å². The van der Waals surface area contributed by atoms with Gasteiger partial charge in [0.15, 0.2) is 0 Å². The van der Waals surface area contributed by atoms with Crippen LogP contribution in [0.5, 0.6) is 0 Å². The molecule has 2 aromatic rings. The van der Waals surface area contributed by atoms with Crippen LogP contribution in [0.15, 0.2) is 54.6 Å². The second-order valence-electron chi connectivity index (χ2n) is 5.35. The Morgan fingerprint density at radius 1 is 1.00 bits per heavy atom. The predicted octanol–water partition coefficient (Wildman–Crippen LogP) is 2.51. The Labute approximate surface area is 136 Å². The fraction of sp³-hybridized carbons (Fsp3) is 0.294. The predicted molar refractivity (Wildman–Crippen MR) is 89.5 cm³/mol. The summed E-state index contributed by atoms with van der Waals surface area (Å²) in [4.78, 5) is 0. The molecule has 0 aliphatic carbocycles. The molecule has 0 fully saturated rings. The minimum absolute atomic E-state index is 0.220. The molecule has 0 saturated carbocycles. The first-order valence-electron chi connectivity index (χ1n) is 7.47. The van der Waals surface area contributed by atoms with Crippen molar-refractivity contribution in [3.8, 4) is 0 Å². The van der Waals surface area contributed by atoms with E-state index in [4.69, 9.17) is 5.73 Å². The number of sulfonamides is 1. The van der Waals surface area contributed by atoms with Crippen LogP contribution in [0.25, 0.3) is 0 Å². The van der Waals surface area contributed by atoms with Crippen LogP contribution in [0.1, 0.15) is 17.5 Å². The fourth-order valence-corrected chi connectivity index (χ4v) is 3.84. The first-order valence-corrected chi connectivity index (χ1v) is 9.08. The summed E-state index contributed by atoms with van der Waals surface area (Å²) in [6.45, 7) is 1.06. The number of nitrogens with two attached hydrogens (primary N) is 1. The zero-order valence-electron chi connectivity index (χ0n) is 12.9. The fourth-order valence-electron chi connectivity index (χ4n) is 2.30. The topological polar surface area (TPSA) is 63.4 Å². The van der Waals surface area contributed by atoms with Gasteiger partial charge in [0.25, 0.3) is 0 Å². The molecule has 0 radical (unpaired) electrons. The Balaban J connectivity index is 2.18. The van der Waals surface area contributed by atoms with Gasteiger partial charge in [-0.25, -0.2) is 12.8 Å². The molecule has 6 heteroatoms. The molecule has 23 heavy (non-hydrogen) atoms. The van der Waals surface area contributed by atoms with E-state index >= 15 is 0 Å². The highest BCUT2D eigenvalue weighted by Crippen LogP contribution is 2.16. The van der Waals surface area contributed by atoms with Crippen molar-refractivity contribution in [3.63, 3.8) is 0 Å². The average Bonchev–Trinajstić information content (AvgIpc) is 2.52. The zero-order valence-corrected chi connectivity index (χ0v) is 13.7. The number of rotatable bonds is 8. The molecule has 0 unspecified atom stereocenters. The Hall–Kier alpha value is -1.76. The SMILES string of the molecule is NCCCN(Cc1ccccc1)S(=O)(=O)Cc1cccc(F)c1. The quantitative estimate of drug-likeness (QED) is 0.805. The first kappa shape index (κ1) is 17.6. The molecule has 2 aromatic carbocycles. The molecule has 0 heterocycles. The summed E-state index contributed by atoms with van der Waals surface area (Å²) in [6.07, 6.45) is 0.579. The third-order valence-electron chi connectivity index (χ3n) is 3.44. The number of hydrogen-bond acceptors (Lipinski definition) is 3. The normalized spacial score (nSPS) is 11.8. The van der Waals surface area contributed by atoms with E-state index in [1.807, 2.05) is 30.3 Å². The highest BCUT2D eigenvalue weighted by molar-refractivity contribution is 7.88. The largest absolute Gasteiger partial charge is 0.330 e. The van der Waals surface area contributed by atoms with Crippen molar-refractivity contribution >= 4 is 10.0 Å². The van der Waals surface area contributed by atoms with Crippen molar-refractivity contribution in [2.75, 3.05) is 13.1 Å². The van der Waals surface area contributed by atoms with E-state index in [0.29, 0.717) is 31.6 Å². The lowest BCUT2D eigenvalue weighted by Crippen LogP contribution is -2.33. The number of nitrogens with zero attached hydrogens (tertiary/aromatic N) is 1. The molecule has 124 valence electrons. The van der Waals surface area contributed by atoms with Crippen molar-refractivity contribution in [1.29, 1.82) is 0 Å². The molecule has 0 aromatic heterocycles. The maximum atomic E-state index is 13.3. The highest BCUT2D eigenvalue weighted by atomic mass is 32.2. The van der Waals surface area contributed by atoms with E-state index in [9.17, 15) is 12.8 Å². The molecule has 0 bridgehead atoms. The van der Waals surface area contributed by atoms with Gasteiger partial charge < -0.3 is 5.73 Å². The van der Waals surface area contributed by atoms with Crippen molar-refractivity contribution in [3.05, 3.63) is 71.5 Å². The van der Waals surface area contributed by atoms with Crippen LogP contribution >= 0.6 is 0 Å². The molecule has 0 spiro atoms. The highest BCUT2D eigenvalue weighted by Gasteiger charge is 2.22. The van der Waals surface area contributed by atoms with Crippen LogP contribution < -0.4 is 5.73 Å². The lowest BCUT2D eigenvalue weighted by Gasteiger charge is -2.22. The van der Waals surface area contributed by atoms with Gasteiger partial charge in [0.2, 0.25) is 10.0 Å². The summed E-state index contributed by atoms with van der Waals surface area (Å²) < 4.78 is 40.1. The van der Waals surface area contributed by atoms with Gasteiger partial charge in [0.1, 0.15) is 5.82 Å². The van der Waals surface area contributed by atoms with E-state index in [1.54, 1.807) is 6.07 Å². The molecule has 4 nitrogen and oxygen atoms in total. The van der Waals surface area contributed by atoms with E-state index in [-0.39, 0.29) is 5.75 Å². The van der Waals surface area contributed by atoms with Crippen molar-refractivity contribution in [2.45, 2.75) is 18.7 Å². The molecule has 0 aliphatic rings. The minimum atomic E-state index is -3.55. The second kappa shape index (κ2) is 8.19. The molecule has 2 N–H and O–H groups in total. The maximum absolute atomic E-state index is 13.3. The summed E-state index contributed by atoms with van der Waals surface area (Å²) >= 11 is 0. The summed E-state index contributed by atoms with van der Waals surface area (Å²) in [6, 6.07) is 15.1. The Morgan fingerprint density at radius 2 is 1.70 bits per heavy atom. The molecule has 2 rings (SSSR count). The number of benzene rings is 2. The Kier molecular flexibility index (Phi) is 6.27. The smallest absolute Gasteiger partial charge is 0.218 e. The number of hydrogen-bond donors (Lipinski definition) is 1. The van der Waals surface area contributed by atoms with E-state index in [0.717, 1.165) is 5.56 Å². The molecular formula is C17H21FN2O2S. The third kappa shape index (κ3) is 5.42.